The van der Waals surface area contributed by atoms with Gasteiger partial charge in [-0.25, -0.2) is 8.78 Å². The predicted molar refractivity (Wildman–Crippen MR) is 66.3 cm³/mol. The summed E-state index contributed by atoms with van der Waals surface area (Å²) in [6.07, 6.45) is 5.23. The second-order valence-corrected chi connectivity index (χ2v) is 5.50. The van der Waals surface area contributed by atoms with Crippen molar-refractivity contribution in [3.63, 3.8) is 0 Å². The lowest BCUT2D eigenvalue weighted by atomic mass is 9.71. The van der Waals surface area contributed by atoms with Gasteiger partial charge in [0.15, 0.2) is 0 Å². The molecule has 3 heteroatoms. The molecule has 0 spiro atoms. The summed E-state index contributed by atoms with van der Waals surface area (Å²) < 4.78 is 26.1. The average Bonchev–Trinajstić information content (AvgIpc) is 2.28. The zero-order valence-corrected chi connectivity index (χ0v) is 10.6. The number of ketones is 1. The van der Waals surface area contributed by atoms with Crippen molar-refractivity contribution in [3.8, 4) is 0 Å². The lowest BCUT2D eigenvalue weighted by Crippen LogP contribution is -2.31. The first kappa shape index (κ1) is 13.2. The van der Waals surface area contributed by atoms with E-state index in [0.717, 1.165) is 31.7 Å². The van der Waals surface area contributed by atoms with Crippen LogP contribution in [0.1, 0.15) is 44.6 Å². The summed E-state index contributed by atoms with van der Waals surface area (Å²) >= 11 is 0. The molecule has 1 aromatic rings. The van der Waals surface area contributed by atoms with E-state index in [1.807, 2.05) is 6.92 Å². The Balaban J connectivity index is 2.10. The van der Waals surface area contributed by atoms with Crippen molar-refractivity contribution >= 4 is 5.78 Å². The van der Waals surface area contributed by atoms with Gasteiger partial charge in [-0.15, -0.1) is 0 Å². The molecule has 0 aromatic heterocycles. The van der Waals surface area contributed by atoms with Crippen LogP contribution in [0, 0.1) is 17.0 Å². The van der Waals surface area contributed by atoms with Crippen molar-refractivity contribution in [1.82, 2.24) is 0 Å². The van der Waals surface area contributed by atoms with Gasteiger partial charge >= 0.3 is 0 Å². The first-order valence-electron chi connectivity index (χ1n) is 6.48. The largest absolute Gasteiger partial charge is 0.299 e. The molecule has 1 fully saturated rings. The Hall–Kier alpha value is -1.25. The van der Waals surface area contributed by atoms with Crippen molar-refractivity contribution in [3.05, 3.63) is 35.4 Å². The number of halogens is 2. The summed E-state index contributed by atoms with van der Waals surface area (Å²) in [6.45, 7) is 1.98. The number of Topliss-reactive ketones (excluding diaryl/α,β-unsaturated/α-hetero) is 1. The lowest BCUT2D eigenvalue weighted by molar-refractivity contribution is -0.128. The van der Waals surface area contributed by atoms with Crippen molar-refractivity contribution < 1.29 is 13.6 Å². The van der Waals surface area contributed by atoms with E-state index in [-0.39, 0.29) is 17.6 Å². The molecular formula is C15H18F2O. The Kier molecular flexibility index (Phi) is 3.79. The summed E-state index contributed by atoms with van der Waals surface area (Å²) in [4.78, 5) is 12.3. The molecule has 0 saturated heterocycles. The number of benzene rings is 1. The summed E-state index contributed by atoms with van der Waals surface area (Å²) in [7, 11) is 0. The molecule has 1 aliphatic rings. The van der Waals surface area contributed by atoms with Gasteiger partial charge in [0.05, 0.1) is 0 Å². The Bertz CT molecular complexity index is 428. The van der Waals surface area contributed by atoms with Gasteiger partial charge in [-0.05, 0) is 30.5 Å². The van der Waals surface area contributed by atoms with Gasteiger partial charge in [-0.3, -0.25) is 4.79 Å². The van der Waals surface area contributed by atoms with E-state index in [1.165, 1.54) is 18.6 Å². The zero-order valence-electron chi connectivity index (χ0n) is 10.6. The Labute approximate surface area is 106 Å². The van der Waals surface area contributed by atoms with Crippen LogP contribution >= 0.6 is 0 Å². The molecule has 2 rings (SSSR count). The van der Waals surface area contributed by atoms with Crippen LogP contribution in [-0.4, -0.2) is 5.78 Å². The van der Waals surface area contributed by atoms with Gasteiger partial charge in [-0.2, -0.15) is 0 Å². The van der Waals surface area contributed by atoms with Crippen LogP contribution in [-0.2, 0) is 11.2 Å². The van der Waals surface area contributed by atoms with Crippen molar-refractivity contribution in [2.75, 3.05) is 0 Å². The van der Waals surface area contributed by atoms with E-state index < -0.39 is 11.6 Å². The number of rotatable bonds is 3. The van der Waals surface area contributed by atoms with Crippen LogP contribution in [0.15, 0.2) is 18.2 Å². The third-order valence-corrected chi connectivity index (χ3v) is 3.92. The fourth-order valence-electron chi connectivity index (χ4n) is 2.72. The quantitative estimate of drug-likeness (QED) is 0.793. The minimum absolute atomic E-state index is 0.104. The van der Waals surface area contributed by atoms with Crippen molar-refractivity contribution in [1.29, 1.82) is 0 Å². The predicted octanol–water partition coefficient (Wildman–Crippen LogP) is 4.05. The van der Waals surface area contributed by atoms with Crippen LogP contribution in [0.3, 0.4) is 0 Å². The minimum atomic E-state index is -0.619. The van der Waals surface area contributed by atoms with Crippen LogP contribution in [0.25, 0.3) is 0 Å². The van der Waals surface area contributed by atoms with Gasteiger partial charge in [0.25, 0.3) is 0 Å². The maximum absolute atomic E-state index is 13.1. The monoisotopic (exact) mass is 252 g/mol. The molecular weight excluding hydrogens is 234 g/mol. The van der Waals surface area contributed by atoms with E-state index in [0.29, 0.717) is 5.56 Å². The van der Waals surface area contributed by atoms with E-state index in [4.69, 9.17) is 0 Å². The fraction of sp³-hybridized carbons (Fsp3) is 0.533. The minimum Gasteiger partial charge on any atom is -0.299 e. The third-order valence-electron chi connectivity index (χ3n) is 3.92. The summed E-state index contributed by atoms with van der Waals surface area (Å²) in [5, 5.41) is 0. The molecule has 0 amide bonds. The molecule has 1 nitrogen and oxygen atoms in total. The number of carbonyl (C=O) groups is 1. The Morgan fingerprint density at radius 2 is 1.67 bits per heavy atom. The average molecular weight is 252 g/mol. The Morgan fingerprint density at radius 3 is 2.22 bits per heavy atom. The third kappa shape index (κ3) is 2.95. The maximum Gasteiger partial charge on any atom is 0.143 e. The first-order chi connectivity index (χ1) is 8.49. The maximum atomic E-state index is 13.1. The highest BCUT2D eigenvalue weighted by Crippen LogP contribution is 2.37. The highest BCUT2D eigenvalue weighted by atomic mass is 19.1. The Morgan fingerprint density at radius 1 is 1.11 bits per heavy atom. The van der Waals surface area contributed by atoms with Gasteiger partial charge in [0, 0.05) is 17.9 Å². The van der Waals surface area contributed by atoms with Crippen LogP contribution in [0.5, 0.6) is 0 Å². The second-order valence-electron chi connectivity index (χ2n) is 5.50. The molecule has 0 radical (unpaired) electrons. The first-order valence-corrected chi connectivity index (χ1v) is 6.48. The van der Waals surface area contributed by atoms with Gasteiger partial charge in [0.1, 0.15) is 17.4 Å². The molecule has 1 aromatic carbocycles. The zero-order chi connectivity index (χ0) is 13.2. The second kappa shape index (κ2) is 5.17. The molecule has 0 atom stereocenters. The normalized spacial score (nSPS) is 18.6. The number of hydrogen-bond acceptors (Lipinski definition) is 1. The van der Waals surface area contributed by atoms with E-state index >= 15 is 0 Å². The molecule has 1 saturated carbocycles. The van der Waals surface area contributed by atoms with E-state index in [2.05, 4.69) is 0 Å². The molecule has 18 heavy (non-hydrogen) atoms. The van der Waals surface area contributed by atoms with Gasteiger partial charge < -0.3 is 0 Å². The van der Waals surface area contributed by atoms with Gasteiger partial charge in [0.2, 0.25) is 0 Å². The number of hydrogen-bond donors (Lipinski definition) is 0. The summed E-state index contributed by atoms with van der Waals surface area (Å²) in [5.74, 6) is -1.13. The highest BCUT2D eigenvalue weighted by Gasteiger charge is 2.33. The van der Waals surface area contributed by atoms with E-state index in [9.17, 15) is 13.6 Å². The van der Waals surface area contributed by atoms with Crippen LogP contribution < -0.4 is 0 Å². The molecule has 0 N–H and O–H groups in total. The number of carbonyl (C=O) groups excluding carboxylic acids is 1. The fourth-order valence-corrected chi connectivity index (χ4v) is 2.72. The van der Waals surface area contributed by atoms with Crippen molar-refractivity contribution in [2.45, 2.75) is 45.4 Å². The molecule has 0 heterocycles. The standard InChI is InChI=1S/C15H18F2O/c1-15(5-3-2-4-6-15)14(18)9-11-7-12(16)10-13(17)8-11/h7-8,10H,2-6,9H2,1H3. The molecule has 0 unspecified atom stereocenters. The molecule has 98 valence electrons. The van der Waals surface area contributed by atoms with E-state index in [1.54, 1.807) is 0 Å². The van der Waals surface area contributed by atoms with Crippen molar-refractivity contribution in [2.24, 2.45) is 5.41 Å². The summed E-state index contributed by atoms with van der Waals surface area (Å²) in [5.41, 5.74) is 0.130. The van der Waals surface area contributed by atoms with Gasteiger partial charge in [-0.1, -0.05) is 26.2 Å². The lowest BCUT2D eigenvalue weighted by Gasteiger charge is -2.32. The summed E-state index contributed by atoms with van der Waals surface area (Å²) in [6, 6.07) is 3.32. The molecule has 1 aliphatic carbocycles. The topological polar surface area (TPSA) is 17.1 Å². The van der Waals surface area contributed by atoms with Crippen LogP contribution in [0.2, 0.25) is 0 Å². The molecule has 0 bridgehead atoms. The highest BCUT2D eigenvalue weighted by molar-refractivity contribution is 5.86. The SMILES string of the molecule is CC1(C(=O)Cc2cc(F)cc(F)c2)CCCCC1. The molecule has 0 aliphatic heterocycles. The van der Waals surface area contributed by atoms with Crippen LogP contribution in [0.4, 0.5) is 8.78 Å². The smallest absolute Gasteiger partial charge is 0.143 e.